The number of methoxy groups -OCH3 is 1. The topological polar surface area (TPSA) is 44.8 Å². The van der Waals surface area contributed by atoms with Crippen LogP contribution in [0.15, 0.2) is 66.7 Å². The van der Waals surface area contributed by atoms with Crippen molar-refractivity contribution >= 4 is 12.0 Å². The van der Waals surface area contributed by atoms with Crippen molar-refractivity contribution in [3.8, 4) is 22.6 Å². The Balaban J connectivity index is 1.86. The van der Waals surface area contributed by atoms with Gasteiger partial charge in [-0.1, -0.05) is 64.1 Å². The van der Waals surface area contributed by atoms with Gasteiger partial charge in [-0.05, 0) is 83.2 Å². The third-order valence-electron chi connectivity index (χ3n) is 7.40. The lowest BCUT2D eigenvalue weighted by atomic mass is 9.62. The average molecular weight is 499 g/mol. The van der Waals surface area contributed by atoms with Crippen molar-refractivity contribution in [3.63, 3.8) is 0 Å². The predicted molar refractivity (Wildman–Crippen MR) is 150 cm³/mol. The van der Waals surface area contributed by atoms with Crippen LogP contribution in [-0.2, 0) is 27.0 Å². The molecule has 37 heavy (non-hydrogen) atoms. The number of carbonyl (C=O) groups is 1. The third-order valence-corrected chi connectivity index (χ3v) is 7.40. The first-order valence-electron chi connectivity index (χ1n) is 13.0. The molecule has 0 heterocycles. The lowest BCUT2D eigenvalue weighted by Crippen LogP contribution is -2.33. The zero-order valence-electron chi connectivity index (χ0n) is 22.9. The van der Waals surface area contributed by atoms with E-state index in [9.17, 15) is 4.79 Å². The maximum Gasteiger partial charge on any atom is 0.330 e. The average Bonchev–Trinajstić information content (AvgIpc) is 2.89. The Kier molecular flexibility index (Phi) is 7.77. The Bertz CT molecular complexity index is 1290. The quantitative estimate of drug-likeness (QED) is 0.234. The first-order chi connectivity index (χ1) is 17.6. The number of hydrogen-bond acceptors (Lipinski definition) is 4. The fourth-order valence-electron chi connectivity index (χ4n) is 5.05. The molecular weight excluding hydrogens is 460 g/mol. The van der Waals surface area contributed by atoms with Crippen molar-refractivity contribution in [2.75, 3.05) is 13.7 Å². The van der Waals surface area contributed by atoms with Crippen molar-refractivity contribution in [2.24, 2.45) is 0 Å². The van der Waals surface area contributed by atoms with Gasteiger partial charge in [0.2, 0.25) is 0 Å². The number of hydrogen-bond donors (Lipinski definition) is 0. The molecule has 194 valence electrons. The number of benzene rings is 3. The lowest BCUT2D eigenvalue weighted by Gasteiger charge is -2.42. The minimum Gasteiger partial charge on any atom is -0.496 e. The zero-order chi connectivity index (χ0) is 26.6. The van der Waals surface area contributed by atoms with Gasteiger partial charge in [0.05, 0.1) is 13.7 Å². The van der Waals surface area contributed by atoms with Crippen molar-refractivity contribution in [2.45, 2.75) is 64.9 Å². The number of esters is 1. The van der Waals surface area contributed by atoms with Gasteiger partial charge in [0.15, 0.2) is 0 Å². The zero-order valence-corrected chi connectivity index (χ0v) is 22.9. The van der Waals surface area contributed by atoms with Crippen LogP contribution in [0.1, 0.15) is 69.7 Å². The highest BCUT2D eigenvalue weighted by Gasteiger charge is 2.38. The summed E-state index contributed by atoms with van der Waals surface area (Å²) in [5.41, 5.74) is 6.71. The molecular formula is C33H38O4. The van der Waals surface area contributed by atoms with Crippen LogP contribution < -0.4 is 9.47 Å². The summed E-state index contributed by atoms with van der Waals surface area (Å²) >= 11 is 0. The van der Waals surface area contributed by atoms with Gasteiger partial charge in [-0.25, -0.2) is 4.79 Å². The first kappa shape index (κ1) is 26.5. The molecule has 1 aliphatic rings. The predicted octanol–water partition coefficient (Wildman–Crippen LogP) is 7.87. The molecule has 0 saturated carbocycles. The lowest BCUT2D eigenvalue weighted by molar-refractivity contribution is -0.137. The van der Waals surface area contributed by atoms with Crippen LogP contribution in [-0.4, -0.2) is 19.7 Å². The molecule has 0 radical (unpaired) electrons. The van der Waals surface area contributed by atoms with Crippen LogP contribution in [0.3, 0.4) is 0 Å². The van der Waals surface area contributed by atoms with E-state index in [0.717, 1.165) is 46.6 Å². The van der Waals surface area contributed by atoms with Gasteiger partial charge in [-0.15, -0.1) is 0 Å². The number of fused-ring (bicyclic) bond motifs is 1. The summed E-state index contributed by atoms with van der Waals surface area (Å²) < 4.78 is 17.4. The molecule has 4 heteroatoms. The van der Waals surface area contributed by atoms with Crippen molar-refractivity contribution < 1.29 is 19.0 Å². The van der Waals surface area contributed by atoms with E-state index in [1.807, 2.05) is 36.4 Å². The normalized spacial score (nSPS) is 15.7. The Morgan fingerprint density at radius 3 is 2.16 bits per heavy atom. The molecule has 3 aromatic carbocycles. The molecule has 4 nitrogen and oxygen atoms in total. The molecule has 4 rings (SSSR count). The van der Waals surface area contributed by atoms with Gasteiger partial charge in [-0.3, -0.25) is 0 Å². The van der Waals surface area contributed by atoms with E-state index in [2.05, 4.69) is 52.0 Å². The summed E-state index contributed by atoms with van der Waals surface area (Å²) in [4.78, 5) is 11.9. The molecule has 0 atom stereocenters. The minimum absolute atomic E-state index is 0.0478. The maximum atomic E-state index is 11.9. The van der Waals surface area contributed by atoms with E-state index >= 15 is 0 Å². The highest BCUT2D eigenvalue weighted by molar-refractivity contribution is 5.88. The summed E-state index contributed by atoms with van der Waals surface area (Å²) in [6.07, 6.45) is 5.48. The second-order valence-electron chi connectivity index (χ2n) is 11.0. The van der Waals surface area contributed by atoms with Crippen LogP contribution >= 0.6 is 0 Å². The fraction of sp³-hybridized carbons (Fsp3) is 0.364. The number of ether oxygens (including phenoxy) is 3. The van der Waals surface area contributed by atoms with Crippen molar-refractivity contribution in [1.82, 2.24) is 0 Å². The SMILES string of the molecule is CCOC(=O)C=Cc1ccc(OC)c(-c2cc3c(cc2OCc2ccccc2)C(C)(C)CCC3(C)C)c1. The summed E-state index contributed by atoms with van der Waals surface area (Å²) in [6, 6.07) is 20.7. The maximum absolute atomic E-state index is 11.9. The standard InChI is InChI=1S/C33H38O4/c1-7-36-31(34)16-14-23-13-15-29(35-6)25(19-23)26-20-27-28(33(4,5)18-17-32(27,2)3)21-30(26)37-22-24-11-9-8-10-12-24/h8-16,19-21H,7,17-18,22H2,1-6H3. The summed E-state index contributed by atoms with van der Waals surface area (Å²) in [6.45, 7) is 11.9. The second-order valence-corrected chi connectivity index (χ2v) is 11.0. The molecule has 0 N–H and O–H groups in total. The third kappa shape index (κ3) is 5.90. The largest absolute Gasteiger partial charge is 0.496 e. The van der Waals surface area contributed by atoms with Gasteiger partial charge in [0, 0.05) is 17.2 Å². The Morgan fingerprint density at radius 2 is 1.51 bits per heavy atom. The van der Waals surface area contributed by atoms with E-state index in [4.69, 9.17) is 14.2 Å². The molecule has 0 unspecified atom stereocenters. The second kappa shape index (κ2) is 10.8. The van der Waals surface area contributed by atoms with Crippen LogP contribution in [0.5, 0.6) is 11.5 Å². The Hall–Kier alpha value is -3.53. The minimum atomic E-state index is -0.357. The van der Waals surface area contributed by atoms with Gasteiger partial charge in [0.1, 0.15) is 18.1 Å². The summed E-state index contributed by atoms with van der Waals surface area (Å²) in [5, 5.41) is 0. The molecule has 0 amide bonds. The molecule has 3 aromatic rings. The van der Waals surface area contributed by atoms with Crippen molar-refractivity contribution in [1.29, 1.82) is 0 Å². The monoisotopic (exact) mass is 498 g/mol. The van der Waals surface area contributed by atoms with Gasteiger partial charge in [0.25, 0.3) is 0 Å². The van der Waals surface area contributed by atoms with E-state index in [0.29, 0.717) is 13.2 Å². The van der Waals surface area contributed by atoms with E-state index in [1.165, 1.54) is 17.2 Å². The highest BCUT2D eigenvalue weighted by Crippen LogP contribution is 2.50. The van der Waals surface area contributed by atoms with Crippen LogP contribution in [0, 0.1) is 0 Å². The molecule has 0 spiro atoms. The fourth-order valence-corrected chi connectivity index (χ4v) is 5.05. The van der Waals surface area contributed by atoms with Crippen LogP contribution in [0.2, 0.25) is 0 Å². The molecule has 0 fully saturated rings. The Labute approximate surface area is 221 Å². The number of rotatable bonds is 8. The van der Waals surface area contributed by atoms with Crippen LogP contribution in [0.25, 0.3) is 17.2 Å². The molecule has 0 aliphatic heterocycles. The van der Waals surface area contributed by atoms with Crippen molar-refractivity contribution in [3.05, 3.63) is 89.0 Å². The van der Waals surface area contributed by atoms with E-state index in [1.54, 1.807) is 20.1 Å². The summed E-state index contributed by atoms with van der Waals surface area (Å²) in [7, 11) is 1.68. The molecule has 0 aromatic heterocycles. The highest BCUT2D eigenvalue weighted by atomic mass is 16.5. The summed E-state index contributed by atoms with van der Waals surface area (Å²) in [5.74, 6) is 1.23. The smallest absolute Gasteiger partial charge is 0.330 e. The van der Waals surface area contributed by atoms with Crippen LogP contribution in [0.4, 0.5) is 0 Å². The molecule has 0 bridgehead atoms. The van der Waals surface area contributed by atoms with Gasteiger partial charge >= 0.3 is 5.97 Å². The molecule has 1 aliphatic carbocycles. The number of carbonyl (C=O) groups excluding carboxylic acids is 1. The first-order valence-corrected chi connectivity index (χ1v) is 13.0. The van der Waals surface area contributed by atoms with E-state index < -0.39 is 0 Å². The molecule has 0 saturated heterocycles. The Morgan fingerprint density at radius 1 is 0.865 bits per heavy atom. The van der Waals surface area contributed by atoms with E-state index in [-0.39, 0.29) is 16.8 Å². The van der Waals surface area contributed by atoms with Gasteiger partial charge < -0.3 is 14.2 Å². The van der Waals surface area contributed by atoms with Gasteiger partial charge in [-0.2, -0.15) is 0 Å².